The summed E-state index contributed by atoms with van der Waals surface area (Å²) in [6, 6.07) is 5.17. The molecule has 1 aromatic rings. The van der Waals surface area contributed by atoms with Crippen LogP contribution in [0.4, 0.5) is 0 Å². The lowest BCUT2D eigenvalue weighted by Gasteiger charge is -2.23. The lowest BCUT2D eigenvalue weighted by atomic mass is 9.80. The summed E-state index contributed by atoms with van der Waals surface area (Å²) in [7, 11) is 1.55. The Kier molecular flexibility index (Phi) is 4.43. The number of hydrogen-bond donors (Lipinski definition) is 1. The van der Waals surface area contributed by atoms with Crippen LogP contribution in [-0.4, -0.2) is 30.7 Å². The molecular weight excluding hydrogens is 270 g/mol. The number of nitriles is 1. The second kappa shape index (κ2) is 6.10. The van der Waals surface area contributed by atoms with Crippen LogP contribution in [0.3, 0.4) is 0 Å². The number of nitrogens with zero attached hydrogens (tertiary/aromatic N) is 2. The number of pyridine rings is 1. The van der Waals surface area contributed by atoms with E-state index in [1.807, 2.05) is 13.0 Å². The summed E-state index contributed by atoms with van der Waals surface area (Å²) in [6.45, 7) is 3.93. The van der Waals surface area contributed by atoms with Crippen LogP contribution in [0.5, 0.6) is 5.88 Å². The summed E-state index contributed by atoms with van der Waals surface area (Å²) in [5.74, 6) is 0.195. The highest BCUT2D eigenvalue weighted by Crippen LogP contribution is 2.43. The van der Waals surface area contributed by atoms with Crippen molar-refractivity contribution in [2.75, 3.05) is 13.7 Å². The molecular formula is C15H19N3O3. The molecule has 0 spiro atoms. The van der Waals surface area contributed by atoms with Gasteiger partial charge in [0.05, 0.1) is 31.2 Å². The predicted octanol–water partition coefficient (Wildman–Crippen LogP) is 1.59. The van der Waals surface area contributed by atoms with Crippen LogP contribution in [0, 0.1) is 16.7 Å². The predicted molar refractivity (Wildman–Crippen MR) is 75.4 cm³/mol. The molecule has 0 aliphatic carbocycles. The summed E-state index contributed by atoms with van der Waals surface area (Å²) in [5, 5.41) is 12.7. The maximum Gasteiger partial charge on any atom is 0.323 e. The zero-order chi connectivity index (χ0) is 15.5. The summed E-state index contributed by atoms with van der Waals surface area (Å²) in [5.41, 5.74) is 0.167. The first-order valence-corrected chi connectivity index (χ1v) is 6.88. The number of ether oxygens (including phenoxy) is 2. The quantitative estimate of drug-likeness (QED) is 0.847. The minimum absolute atomic E-state index is 0.268. The minimum atomic E-state index is -0.687. The van der Waals surface area contributed by atoms with Crippen molar-refractivity contribution in [1.82, 2.24) is 10.3 Å². The van der Waals surface area contributed by atoms with E-state index >= 15 is 0 Å². The van der Waals surface area contributed by atoms with Gasteiger partial charge >= 0.3 is 5.97 Å². The molecule has 1 saturated heterocycles. The Labute approximate surface area is 124 Å². The molecule has 1 N–H and O–H groups in total. The molecule has 1 fully saturated rings. The van der Waals surface area contributed by atoms with Crippen LogP contribution in [0.2, 0.25) is 0 Å². The molecule has 2 rings (SSSR count). The van der Waals surface area contributed by atoms with E-state index in [-0.39, 0.29) is 12.0 Å². The molecule has 6 nitrogen and oxygen atoms in total. The van der Waals surface area contributed by atoms with E-state index < -0.39 is 11.5 Å². The topological polar surface area (TPSA) is 84.2 Å². The van der Waals surface area contributed by atoms with Gasteiger partial charge in [0, 0.05) is 12.3 Å². The normalized spacial score (nSPS) is 27.9. The van der Waals surface area contributed by atoms with Crippen molar-refractivity contribution in [3.63, 3.8) is 0 Å². The van der Waals surface area contributed by atoms with Gasteiger partial charge in [-0.05, 0) is 25.8 Å². The Morgan fingerprint density at radius 3 is 2.90 bits per heavy atom. The van der Waals surface area contributed by atoms with E-state index in [2.05, 4.69) is 16.4 Å². The number of carbonyl (C=O) groups excluding carboxylic acids is 1. The van der Waals surface area contributed by atoms with Crippen molar-refractivity contribution in [3.8, 4) is 11.9 Å². The fourth-order valence-electron chi connectivity index (χ4n) is 2.64. The Hall–Kier alpha value is -2.13. The average Bonchev–Trinajstić information content (AvgIpc) is 2.86. The lowest BCUT2D eigenvalue weighted by molar-refractivity contribution is -0.145. The zero-order valence-corrected chi connectivity index (χ0v) is 12.4. The van der Waals surface area contributed by atoms with Crippen LogP contribution >= 0.6 is 0 Å². The molecule has 112 valence electrons. The van der Waals surface area contributed by atoms with Gasteiger partial charge in [-0.2, -0.15) is 5.26 Å². The monoisotopic (exact) mass is 289 g/mol. The van der Waals surface area contributed by atoms with Gasteiger partial charge in [0.25, 0.3) is 0 Å². The fraction of sp³-hybridized carbons (Fsp3) is 0.533. The highest BCUT2D eigenvalue weighted by Gasteiger charge is 2.47. The van der Waals surface area contributed by atoms with Gasteiger partial charge in [-0.15, -0.1) is 0 Å². The van der Waals surface area contributed by atoms with E-state index in [0.717, 1.165) is 5.56 Å². The van der Waals surface area contributed by atoms with Crippen molar-refractivity contribution in [2.24, 2.45) is 5.41 Å². The Morgan fingerprint density at radius 1 is 1.62 bits per heavy atom. The molecule has 0 radical (unpaired) electrons. The molecule has 0 unspecified atom stereocenters. The van der Waals surface area contributed by atoms with Crippen molar-refractivity contribution in [2.45, 2.75) is 32.4 Å². The SMILES string of the molecule is CCOC(=O)[C@@H]1C[C@](C)(C#N)[C@H](c2ccc(OC)nc2)N1. The van der Waals surface area contributed by atoms with Gasteiger partial charge in [-0.3, -0.25) is 10.1 Å². The second-order valence-corrected chi connectivity index (χ2v) is 5.27. The van der Waals surface area contributed by atoms with Gasteiger partial charge < -0.3 is 9.47 Å². The molecule has 3 atom stereocenters. The summed E-state index contributed by atoms with van der Waals surface area (Å²) in [4.78, 5) is 16.1. The first kappa shape index (κ1) is 15.3. The Bertz CT molecular complexity index is 552. The van der Waals surface area contributed by atoms with Gasteiger partial charge in [0.1, 0.15) is 6.04 Å². The van der Waals surface area contributed by atoms with Crippen molar-refractivity contribution < 1.29 is 14.3 Å². The molecule has 21 heavy (non-hydrogen) atoms. The standard InChI is InChI=1S/C15H19N3O3/c1-4-21-14(19)11-7-15(2,9-16)13(18-11)10-5-6-12(20-3)17-8-10/h5-6,8,11,13,18H,4,7H2,1-3H3/t11-,13-,15+/m0/s1. The summed E-state index contributed by atoms with van der Waals surface area (Å²) < 4.78 is 10.1. The molecule has 2 heterocycles. The van der Waals surface area contributed by atoms with Crippen LogP contribution in [0.1, 0.15) is 31.9 Å². The van der Waals surface area contributed by atoms with Gasteiger partial charge in [-0.25, -0.2) is 4.98 Å². The molecule has 1 aliphatic rings. The summed E-state index contributed by atoms with van der Waals surface area (Å²) in [6.07, 6.45) is 2.08. The smallest absolute Gasteiger partial charge is 0.323 e. The third-order valence-corrected chi connectivity index (χ3v) is 3.76. The van der Waals surface area contributed by atoms with Crippen molar-refractivity contribution >= 4 is 5.97 Å². The summed E-state index contributed by atoms with van der Waals surface area (Å²) >= 11 is 0. The van der Waals surface area contributed by atoms with Gasteiger partial charge in [-0.1, -0.05) is 6.07 Å². The number of carbonyl (C=O) groups is 1. The average molecular weight is 289 g/mol. The molecule has 0 saturated carbocycles. The third kappa shape index (κ3) is 2.98. The van der Waals surface area contributed by atoms with E-state index in [4.69, 9.17) is 9.47 Å². The van der Waals surface area contributed by atoms with E-state index in [9.17, 15) is 10.1 Å². The second-order valence-electron chi connectivity index (χ2n) is 5.27. The maximum atomic E-state index is 11.9. The third-order valence-electron chi connectivity index (χ3n) is 3.76. The number of hydrogen-bond acceptors (Lipinski definition) is 6. The molecule has 1 aliphatic heterocycles. The highest BCUT2D eigenvalue weighted by atomic mass is 16.5. The number of rotatable bonds is 4. The Morgan fingerprint density at radius 2 is 2.38 bits per heavy atom. The maximum absolute atomic E-state index is 11.9. The largest absolute Gasteiger partial charge is 0.481 e. The van der Waals surface area contributed by atoms with E-state index in [0.29, 0.717) is 18.9 Å². The molecule has 0 aromatic carbocycles. The van der Waals surface area contributed by atoms with Gasteiger partial charge in [0.15, 0.2) is 0 Å². The van der Waals surface area contributed by atoms with Gasteiger partial charge in [0.2, 0.25) is 5.88 Å². The van der Waals surface area contributed by atoms with E-state index in [1.165, 1.54) is 0 Å². The zero-order valence-electron chi connectivity index (χ0n) is 12.4. The molecule has 0 bridgehead atoms. The first-order chi connectivity index (χ1) is 10.0. The highest BCUT2D eigenvalue weighted by molar-refractivity contribution is 5.76. The molecule has 6 heteroatoms. The first-order valence-electron chi connectivity index (χ1n) is 6.88. The van der Waals surface area contributed by atoms with Crippen LogP contribution < -0.4 is 10.1 Å². The Balaban J connectivity index is 2.24. The number of nitrogens with one attached hydrogen (secondary N) is 1. The lowest BCUT2D eigenvalue weighted by Crippen LogP contribution is -2.34. The van der Waals surface area contributed by atoms with E-state index in [1.54, 1.807) is 26.3 Å². The molecule has 0 amide bonds. The minimum Gasteiger partial charge on any atom is -0.481 e. The fourth-order valence-corrected chi connectivity index (χ4v) is 2.64. The van der Waals surface area contributed by atoms with Crippen LogP contribution in [0.25, 0.3) is 0 Å². The molecule has 1 aromatic heterocycles. The number of esters is 1. The van der Waals surface area contributed by atoms with Crippen molar-refractivity contribution in [3.05, 3.63) is 23.9 Å². The van der Waals surface area contributed by atoms with Crippen LogP contribution in [0.15, 0.2) is 18.3 Å². The number of aromatic nitrogens is 1. The number of methoxy groups -OCH3 is 1. The van der Waals surface area contributed by atoms with Crippen LogP contribution in [-0.2, 0) is 9.53 Å². The van der Waals surface area contributed by atoms with Crippen molar-refractivity contribution in [1.29, 1.82) is 5.26 Å².